The second-order valence-electron chi connectivity index (χ2n) is 10.5. The fourth-order valence-electron chi connectivity index (χ4n) is 6.15. The highest BCUT2D eigenvalue weighted by atomic mass is 16.3. The smallest absolute Gasteiger partial charge is 0.255 e. The van der Waals surface area contributed by atoms with Crippen LogP contribution in [-0.4, -0.2) is 50.5 Å². The zero-order valence-corrected chi connectivity index (χ0v) is 21.7. The van der Waals surface area contributed by atoms with E-state index in [0.717, 1.165) is 11.1 Å². The van der Waals surface area contributed by atoms with E-state index in [-0.39, 0.29) is 42.7 Å². The normalized spacial score (nSPS) is 24.3. The Morgan fingerprint density at radius 2 is 1.79 bits per heavy atom. The summed E-state index contributed by atoms with van der Waals surface area (Å²) in [5.41, 5.74) is 5.72. The van der Waals surface area contributed by atoms with E-state index >= 15 is 0 Å². The van der Waals surface area contributed by atoms with Crippen molar-refractivity contribution in [2.75, 3.05) is 12.4 Å². The minimum Gasteiger partial charge on any atom is -0.508 e. The van der Waals surface area contributed by atoms with E-state index in [2.05, 4.69) is 10.6 Å². The zero-order valence-electron chi connectivity index (χ0n) is 21.7. The highest BCUT2D eigenvalue weighted by Crippen LogP contribution is 2.53. The van der Waals surface area contributed by atoms with Gasteiger partial charge in [-0.2, -0.15) is 0 Å². The Bertz CT molecular complexity index is 1470. The van der Waals surface area contributed by atoms with Crippen molar-refractivity contribution in [3.8, 4) is 5.75 Å². The predicted molar refractivity (Wildman–Crippen MR) is 143 cm³/mol. The van der Waals surface area contributed by atoms with Gasteiger partial charge in [0, 0.05) is 49.3 Å². The fourth-order valence-corrected chi connectivity index (χ4v) is 6.15. The van der Waals surface area contributed by atoms with Crippen LogP contribution in [0.4, 0.5) is 5.69 Å². The van der Waals surface area contributed by atoms with Gasteiger partial charge < -0.3 is 36.8 Å². The van der Waals surface area contributed by atoms with Crippen LogP contribution in [-0.2, 0) is 33.9 Å². The summed E-state index contributed by atoms with van der Waals surface area (Å²) in [6.45, 7) is 2.81. The number of ketones is 2. The summed E-state index contributed by atoms with van der Waals surface area (Å²) in [6.07, 6.45) is -0.0143. The number of phenolic OH excluding ortho intramolecular Hbond substituents is 1. The number of benzene rings is 2. The van der Waals surface area contributed by atoms with Crippen LogP contribution in [0, 0.1) is 18.8 Å². The van der Waals surface area contributed by atoms with Crippen LogP contribution < -0.4 is 16.4 Å². The molecule has 3 aliphatic rings. The van der Waals surface area contributed by atoms with Crippen molar-refractivity contribution in [1.82, 2.24) is 5.32 Å². The number of nitrogens with one attached hydrogen (secondary N) is 2. The Kier molecular flexibility index (Phi) is 6.48. The zero-order chi connectivity index (χ0) is 28.2. The van der Waals surface area contributed by atoms with Crippen LogP contribution in [0.25, 0.3) is 5.76 Å². The molecule has 3 aliphatic carbocycles. The van der Waals surface area contributed by atoms with Crippen molar-refractivity contribution in [1.29, 1.82) is 0 Å². The van der Waals surface area contributed by atoms with E-state index < -0.39 is 52.0 Å². The van der Waals surface area contributed by atoms with Gasteiger partial charge in [0.15, 0.2) is 11.4 Å². The first-order valence-corrected chi connectivity index (χ1v) is 12.8. The predicted octanol–water partition coefficient (Wildman–Crippen LogP) is 2.06. The molecular formula is C29H31N3O7. The molecule has 0 aliphatic heterocycles. The number of aliphatic hydroxyl groups is 3. The number of aryl methyl sites for hydroxylation is 1. The maximum atomic E-state index is 13.7. The van der Waals surface area contributed by atoms with Gasteiger partial charge in [0.25, 0.3) is 5.91 Å². The minimum atomic E-state index is -2.58. The number of aromatic hydroxyl groups is 1. The third kappa shape index (κ3) is 4.07. The molecule has 8 N–H and O–H groups in total. The second kappa shape index (κ2) is 9.55. The molecule has 0 bridgehead atoms. The van der Waals surface area contributed by atoms with E-state index in [1.165, 1.54) is 0 Å². The number of Topliss-reactive ketones (excluding diaryl/α,β-unsaturated/α-hetero) is 2. The number of rotatable bonds is 6. The molecule has 1 amide bonds. The van der Waals surface area contributed by atoms with E-state index in [0.29, 0.717) is 23.4 Å². The quantitative estimate of drug-likeness (QED) is 0.216. The Morgan fingerprint density at radius 3 is 2.44 bits per heavy atom. The van der Waals surface area contributed by atoms with Gasteiger partial charge in [-0.3, -0.25) is 14.4 Å². The molecule has 0 radical (unpaired) electrons. The fraction of sp³-hybridized carbons (Fsp3) is 0.345. The van der Waals surface area contributed by atoms with Crippen LogP contribution in [0.5, 0.6) is 5.75 Å². The van der Waals surface area contributed by atoms with E-state index in [4.69, 9.17) is 5.73 Å². The standard InChI is InChI=1S/C29H31N3O7/c1-13-3-5-14(6-4-13)11-32-12-16-9-19(31-2)18-8-15-7-17-10-20(33)23(28(30)38)27(37)29(17,39)26(36)21(15)25(35)22(18)24(16)34/h3-6,9,15,17,31-32,34-35,37,39H,7-8,10-12H2,1-2H3,(H2,30,38)/t15-,17+,29+/m1/s1. The largest absolute Gasteiger partial charge is 0.508 e. The van der Waals surface area contributed by atoms with Crippen molar-refractivity contribution in [2.24, 2.45) is 17.6 Å². The highest BCUT2D eigenvalue weighted by Gasteiger charge is 2.60. The van der Waals surface area contributed by atoms with Gasteiger partial charge in [0.1, 0.15) is 22.8 Å². The maximum absolute atomic E-state index is 13.7. The lowest BCUT2D eigenvalue weighted by Crippen LogP contribution is -2.58. The van der Waals surface area contributed by atoms with Crippen molar-refractivity contribution < 1.29 is 34.8 Å². The maximum Gasteiger partial charge on any atom is 0.255 e. The molecule has 204 valence electrons. The molecular weight excluding hydrogens is 502 g/mol. The molecule has 2 aromatic rings. The van der Waals surface area contributed by atoms with Gasteiger partial charge in [0.2, 0.25) is 5.78 Å². The van der Waals surface area contributed by atoms with Crippen molar-refractivity contribution in [2.45, 2.75) is 44.9 Å². The second-order valence-corrected chi connectivity index (χ2v) is 10.5. The molecule has 2 aromatic carbocycles. The number of carbonyl (C=O) groups is 3. The number of nitrogens with two attached hydrogens (primary N) is 1. The number of anilines is 1. The lowest BCUT2D eigenvalue weighted by Gasteiger charge is -2.46. The van der Waals surface area contributed by atoms with Gasteiger partial charge >= 0.3 is 0 Å². The number of primary amides is 1. The summed E-state index contributed by atoms with van der Waals surface area (Å²) < 4.78 is 0. The minimum absolute atomic E-state index is 0.0705. The number of hydrogen-bond donors (Lipinski definition) is 7. The van der Waals surface area contributed by atoms with Crippen molar-refractivity contribution in [3.63, 3.8) is 0 Å². The molecule has 0 aromatic heterocycles. The summed E-state index contributed by atoms with van der Waals surface area (Å²) in [7, 11) is 1.71. The Hall–Kier alpha value is -4.15. The Morgan fingerprint density at radius 1 is 1.10 bits per heavy atom. The number of aliphatic hydroxyl groups excluding tert-OH is 2. The number of fused-ring (bicyclic) bond motifs is 3. The lowest BCUT2D eigenvalue weighted by molar-refractivity contribution is -0.147. The molecule has 10 nitrogen and oxygen atoms in total. The van der Waals surface area contributed by atoms with Crippen LogP contribution in [0.3, 0.4) is 0 Å². The molecule has 10 heteroatoms. The monoisotopic (exact) mass is 533 g/mol. The SMILES string of the molecule is CNc1cc(CNCc2ccc(C)cc2)c(O)c2c1C[C@H]1C[C@H]3CC(=O)C(C(N)=O)=C(O)[C@@]3(O)C(=O)C1=C2O. The molecule has 0 heterocycles. The molecule has 0 saturated heterocycles. The Labute approximate surface area is 224 Å². The average Bonchev–Trinajstić information content (AvgIpc) is 2.88. The van der Waals surface area contributed by atoms with Crippen molar-refractivity contribution in [3.05, 3.63) is 75.1 Å². The summed E-state index contributed by atoms with van der Waals surface area (Å²) >= 11 is 0. The van der Waals surface area contributed by atoms with E-state index in [9.17, 15) is 34.8 Å². The van der Waals surface area contributed by atoms with Gasteiger partial charge in [-0.25, -0.2) is 0 Å². The third-order valence-corrected chi connectivity index (χ3v) is 8.18. The van der Waals surface area contributed by atoms with Crippen molar-refractivity contribution >= 4 is 28.9 Å². The van der Waals surface area contributed by atoms with Gasteiger partial charge in [-0.1, -0.05) is 29.8 Å². The third-order valence-electron chi connectivity index (χ3n) is 8.18. The summed E-state index contributed by atoms with van der Waals surface area (Å²) in [6, 6.07) is 9.81. The summed E-state index contributed by atoms with van der Waals surface area (Å²) in [4.78, 5) is 38.0. The Balaban J connectivity index is 1.54. The first-order valence-electron chi connectivity index (χ1n) is 12.8. The molecule has 39 heavy (non-hydrogen) atoms. The topological polar surface area (TPSA) is 182 Å². The molecule has 0 spiro atoms. The molecule has 0 unspecified atom stereocenters. The van der Waals surface area contributed by atoms with Crippen LogP contribution in [0.2, 0.25) is 0 Å². The molecule has 1 saturated carbocycles. The summed E-state index contributed by atoms with van der Waals surface area (Å²) in [5, 5.41) is 51.1. The van der Waals surface area contributed by atoms with Gasteiger partial charge in [0.05, 0.1) is 5.56 Å². The summed E-state index contributed by atoms with van der Waals surface area (Å²) in [5.74, 6) is -6.37. The molecule has 1 fully saturated rings. The number of amides is 1. The van der Waals surface area contributed by atoms with E-state index in [1.807, 2.05) is 31.2 Å². The van der Waals surface area contributed by atoms with Gasteiger partial charge in [-0.05, 0) is 42.9 Å². The first-order chi connectivity index (χ1) is 18.5. The first kappa shape index (κ1) is 26.5. The number of phenols is 1. The lowest BCUT2D eigenvalue weighted by atomic mass is 9.59. The number of carbonyl (C=O) groups excluding carboxylic acids is 3. The average molecular weight is 534 g/mol. The highest BCUT2D eigenvalue weighted by molar-refractivity contribution is 6.22. The van der Waals surface area contributed by atoms with E-state index in [1.54, 1.807) is 13.1 Å². The van der Waals surface area contributed by atoms with Crippen LogP contribution in [0.1, 0.15) is 40.7 Å². The number of hydrogen-bond acceptors (Lipinski definition) is 9. The molecule has 3 atom stereocenters. The molecule has 5 rings (SSSR count). The van der Waals surface area contributed by atoms with Crippen LogP contribution >= 0.6 is 0 Å². The van der Waals surface area contributed by atoms with Gasteiger partial charge in [-0.15, -0.1) is 0 Å². The van der Waals surface area contributed by atoms with Crippen LogP contribution in [0.15, 0.2) is 47.2 Å².